The molecule has 0 N–H and O–H groups in total. The van der Waals surface area contributed by atoms with Crippen molar-refractivity contribution in [1.29, 1.82) is 0 Å². The number of hydrogen-bond donors (Lipinski definition) is 0. The number of benzene rings is 2. The van der Waals surface area contributed by atoms with Gasteiger partial charge in [0.15, 0.2) is 0 Å². The number of aromatic nitrogens is 1. The molecule has 0 aliphatic carbocycles. The number of halogens is 1. The van der Waals surface area contributed by atoms with Crippen LogP contribution in [-0.2, 0) is 6.42 Å². The van der Waals surface area contributed by atoms with Crippen molar-refractivity contribution in [3.63, 3.8) is 0 Å². The van der Waals surface area contributed by atoms with E-state index in [-0.39, 0.29) is 0 Å². The molecule has 0 saturated carbocycles. The molecule has 3 rings (SSSR count). The van der Waals surface area contributed by atoms with Crippen LogP contribution in [0.25, 0.3) is 10.9 Å². The fourth-order valence-corrected chi connectivity index (χ4v) is 2.99. The minimum absolute atomic E-state index is 0.731. The van der Waals surface area contributed by atoms with E-state index in [2.05, 4.69) is 4.98 Å². The van der Waals surface area contributed by atoms with Crippen LogP contribution in [0.3, 0.4) is 0 Å². The molecular weight excluding hydrogens is 310 g/mol. The molecule has 2 aromatic carbocycles. The highest BCUT2D eigenvalue weighted by atomic mass is 35.5. The zero-order valence-electron chi connectivity index (χ0n) is 13.4. The molecular formula is C19H18ClNO2. The lowest BCUT2D eigenvalue weighted by atomic mass is 10.0. The van der Waals surface area contributed by atoms with E-state index in [9.17, 15) is 0 Å². The molecule has 0 aliphatic heterocycles. The summed E-state index contributed by atoms with van der Waals surface area (Å²) in [5.74, 6) is 1.62. The van der Waals surface area contributed by atoms with Gasteiger partial charge in [-0.2, -0.15) is 0 Å². The Balaban J connectivity index is 2.05. The zero-order valence-corrected chi connectivity index (χ0v) is 14.1. The molecule has 0 amide bonds. The number of hydrogen-bond acceptors (Lipinski definition) is 3. The third kappa shape index (κ3) is 3.10. The summed E-state index contributed by atoms with van der Waals surface area (Å²) in [5.41, 5.74) is 4.03. The molecule has 0 bridgehead atoms. The van der Waals surface area contributed by atoms with Gasteiger partial charge < -0.3 is 9.47 Å². The number of methoxy groups -OCH3 is 2. The maximum absolute atomic E-state index is 6.66. The van der Waals surface area contributed by atoms with Crippen molar-refractivity contribution >= 4 is 22.5 Å². The average molecular weight is 328 g/mol. The van der Waals surface area contributed by atoms with Crippen molar-refractivity contribution in [2.75, 3.05) is 14.2 Å². The summed E-state index contributed by atoms with van der Waals surface area (Å²) < 4.78 is 10.5. The lowest BCUT2D eigenvalue weighted by molar-refractivity contribution is 0.414. The number of pyridine rings is 1. The minimum Gasteiger partial charge on any atom is -0.497 e. The van der Waals surface area contributed by atoms with Gasteiger partial charge in [0, 0.05) is 17.5 Å². The van der Waals surface area contributed by atoms with Crippen LogP contribution in [0.5, 0.6) is 11.5 Å². The first-order valence-electron chi connectivity index (χ1n) is 7.38. The molecule has 0 radical (unpaired) electrons. The van der Waals surface area contributed by atoms with E-state index in [1.165, 1.54) is 5.56 Å². The molecule has 0 spiro atoms. The van der Waals surface area contributed by atoms with Crippen LogP contribution >= 0.6 is 11.6 Å². The lowest BCUT2D eigenvalue weighted by Crippen LogP contribution is -1.98. The Labute approximate surface area is 140 Å². The molecule has 0 unspecified atom stereocenters. The van der Waals surface area contributed by atoms with Crippen molar-refractivity contribution in [3.8, 4) is 11.5 Å². The smallest absolute Gasteiger partial charge is 0.119 e. The molecule has 0 fully saturated rings. The van der Waals surface area contributed by atoms with Crippen LogP contribution in [0.15, 0.2) is 42.5 Å². The molecule has 0 atom stereocenters. The third-order valence-electron chi connectivity index (χ3n) is 3.97. The summed E-state index contributed by atoms with van der Waals surface area (Å²) in [6.07, 6.45) is 0.731. The number of aryl methyl sites for hydroxylation is 1. The molecule has 1 heterocycles. The Hall–Kier alpha value is -2.26. The highest BCUT2D eigenvalue weighted by Gasteiger charge is 2.12. The Morgan fingerprint density at radius 1 is 0.957 bits per heavy atom. The number of fused-ring (bicyclic) bond motifs is 1. The second kappa shape index (κ2) is 6.47. The highest BCUT2D eigenvalue weighted by Crippen LogP contribution is 2.32. The van der Waals surface area contributed by atoms with Crippen LogP contribution in [-0.4, -0.2) is 19.2 Å². The minimum atomic E-state index is 0.731. The fourth-order valence-electron chi connectivity index (χ4n) is 2.64. The Morgan fingerprint density at radius 2 is 1.61 bits per heavy atom. The first-order chi connectivity index (χ1) is 11.1. The highest BCUT2D eigenvalue weighted by molar-refractivity contribution is 6.36. The van der Waals surface area contributed by atoms with Crippen LogP contribution in [0, 0.1) is 6.92 Å². The lowest BCUT2D eigenvalue weighted by Gasteiger charge is -2.12. The summed E-state index contributed by atoms with van der Waals surface area (Å²) >= 11 is 6.66. The summed E-state index contributed by atoms with van der Waals surface area (Å²) in [6, 6.07) is 13.8. The average Bonchev–Trinajstić information content (AvgIpc) is 2.59. The quantitative estimate of drug-likeness (QED) is 0.689. The summed E-state index contributed by atoms with van der Waals surface area (Å²) in [4.78, 5) is 4.68. The topological polar surface area (TPSA) is 31.4 Å². The molecule has 3 nitrogen and oxygen atoms in total. The largest absolute Gasteiger partial charge is 0.497 e. The van der Waals surface area contributed by atoms with Crippen LogP contribution in [0.2, 0.25) is 5.02 Å². The van der Waals surface area contributed by atoms with E-state index in [0.717, 1.165) is 45.1 Å². The van der Waals surface area contributed by atoms with Crippen molar-refractivity contribution < 1.29 is 9.47 Å². The first-order valence-corrected chi connectivity index (χ1v) is 7.76. The molecule has 1 aromatic heterocycles. The maximum Gasteiger partial charge on any atom is 0.119 e. The van der Waals surface area contributed by atoms with Gasteiger partial charge in [-0.25, -0.2) is 0 Å². The molecule has 23 heavy (non-hydrogen) atoms. The van der Waals surface area contributed by atoms with Gasteiger partial charge in [0.05, 0.1) is 24.8 Å². The van der Waals surface area contributed by atoms with Crippen molar-refractivity contribution in [3.05, 3.63) is 64.3 Å². The second-order valence-electron chi connectivity index (χ2n) is 5.40. The summed E-state index contributed by atoms with van der Waals surface area (Å²) in [6.45, 7) is 1.99. The van der Waals surface area contributed by atoms with Gasteiger partial charge in [-0.15, -0.1) is 0 Å². The van der Waals surface area contributed by atoms with Gasteiger partial charge in [0.25, 0.3) is 0 Å². The summed E-state index contributed by atoms with van der Waals surface area (Å²) in [7, 11) is 3.31. The van der Waals surface area contributed by atoms with Crippen LogP contribution < -0.4 is 9.47 Å². The van der Waals surface area contributed by atoms with Gasteiger partial charge in [0.2, 0.25) is 0 Å². The van der Waals surface area contributed by atoms with E-state index in [1.54, 1.807) is 14.2 Å². The molecule has 4 heteroatoms. The molecule has 0 saturated heterocycles. The van der Waals surface area contributed by atoms with E-state index >= 15 is 0 Å². The van der Waals surface area contributed by atoms with E-state index in [1.807, 2.05) is 49.4 Å². The number of rotatable bonds is 4. The third-order valence-corrected chi connectivity index (χ3v) is 4.40. The van der Waals surface area contributed by atoms with Gasteiger partial charge in [-0.05, 0) is 48.4 Å². The standard InChI is InChI=1S/C19H18ClNO2/c1-12-16(10-13-4-6-14(22-2)7-5-13)19(20)17-11-15(23-3)8-9-18(17)21-12/h4-9,11H,10H2,1-3H3. The van der Waals surface area contributed by atoms with Gasteiger partial charge in [-0.3, -0.25) is 4.98 Å². The van der Waals surface area contributed by atoms with Crippen LogP contribution in [0.4, 0.5) is 0 Å². The number of ether oxygens (including phenoxy) is 2. The Kier molecular flexibility index (Phi) is 4.39. The zero-order chi connectivity index (χ0) is 16.4. The van der Waals surface area contributed by atoms with Crippen LogP contribution in [0.1, 0.15) is 16.8 Å². The van der Waals surface area contributed by atoms with Crippen molar-refractivity contribution in [1.82, 2.24) is 4.98 Å². The monoisotopic (exact) mass is 327 g/mol. The van der Waals surface area contributed by atoms with Crippen molar-refractivity contribution in [2.24, 2.45) is 0 Å². The predicted molar refractivity (Wildman–Crippen MR) is 93.8 cm³/mol. The second-order valence-corrected chi connectivity index (χ2v) is 5.78. The normalized spacial score (nSPS) is 10.8. The first kappa shape index (κ1) is 15.6. The molecule has 0 aliphatic rings. The predicted octanol–water partition coefficient (Wildman–Crippen LogP) is 4.80. The van der Waals surface area contributed by atoms with E-state index in [4.69, 9.17) is 21.1 Å². The SMILES string of the molecule is COc1ccc(Cc2c(C)nc3ccc(OC)cc3c2Cl)cc1. The molecule has 118 valence electrons. The van der Waals surface area contributed by atoms with Gasteiger partial charge >= 0.3 is 0 Å². The van der Waals surface area contributed by atoms with Gasteiger partial charge in [0.1, 0.15) is 11.5 Å². The van der Waals surface area contributed by atoms with Gasteiger partial charge in [-0.1, -0.05) is 23.7 Å². The van der Waals surface area contributed by atoms with E-state index < -0.39 is 0 Å². The Morgan fingerprint density at radius 3 is 2.26 bits per heavy atom. The van der Waals surface area contributed by atoms with E-state index in [0.29, 0.717) is 0 Å². The molecule has 3 aromatic rings. The number of nitrogens with zero attached hydrogens (tertiary/aromatic N) is 1. The Bertz CT molecular complexity index is 844. The fraction of sp³-hybridized carbons (Fsp3) is 0.211. The summed E-state index contributed by atoms with van der Waals surface area (Å²) in [5, 5.41) is 1.65. The maximum atomic E-state index is 6.66. The van der Waals surface area contributed by atoms with Crippen molar-refractivity contribution in [2.45, 2.75) is 13.3 Å².